The number of aliphatic hydroxyl groups is 1. The highest BCUT2D eigenvalue weighted by molar-refractivity contribution is 5.73. The summed E-state index contributed by atoms with van der Waals surface area (Å²) >= 11 is 0. The van der Waals surface area contributed by atoms with Crippen molar-refractivity contribution in [1.82, 2.24) is 5.32 Å². The molecule has 0 bridgehead atoms. The van der Waals surface area contributed by atoms with Crippen LogP contribution < -0.4 is 5.32 Å². The van der Waals surface area contributed by atoms with E-state index < -0.39 is 18.1 Å². The van der Waals surface area contributed by atoms with Gasteiger partial charge in [-0.3, -0.25) is 9.59 Å². The van der Waals surface area contributed by atoms with E-state index in [0.29, 0.717) is 0 Å². The molecule has 0 heterocycles. The molecule has 0 spiro atoms. The minimum absolute atomic E-state index is 0.262. The monoisotopic (exact) mass is 327 g/mol. The Kier molecular flexibility index (Phi) is 13.4. The van der Waals surface area contributed by atoms with Crippen LogP contribution in [0.1, 0.15) is 72.1 Å². The molecule has 0 saturated carbocycles. The molecular weight excluding hydrogens is 294 g/mol. The molecule has 2 unspecified atom stereocenters. The first-order chi connectivity index (χ1) is 11.0. The number of ether oxygens (including phenoxy) is 1. The van der Waals surface area contributed by atoms with E-state index in [2.05, 4.69) is 12.2 Å². The highest BCUT2D eigenvalue weighted by Crippen LogP contribution is 2.10. The van der Waals surface area contributed by atoms with Gasteiger partial charge in [0.15, 0.2) is 0 Å². The lowest BCUT2D eigenvalue weighted by Gasteiger charge is -2.23. The van der Waals surface area contributed by atoms with Gasteiger partial charge in [-0.15, -0.1) is 0 Å². The lowest BCUT2D eigenvalue weighted by molar-refractivity contribution is -0.146. The molecule has 2 N–H and O–H groups in total. The number of unbranched alkanes of at least 4 members (excludes halogenated alkanes) is 7. The van der Waals surface area contributed by atoms with E-state index in [1.54, 1.807) is 6.08 Å². The summed E-state index contributed by atoms with van der Waals surface area (Å²) in [6.45, 7) is 4.62. The predicted octanol–water partition coefficient (Wildman–Crippen LogP) is 3.11. The number of nitrogens with one attached hydrogen (secondary N) is 1. The fourth-order valence-electron chi connectivity index (χ4n) is 2.39. The van der Waals surface area contributed by atoms with Crippen molar-refractivity contribution in [2.24, 2.45) is 0 Å². The minimum Gasteiger partial charge on any atom is -0.456 e. The second-order valence-corrected chi connectivity index (χ2v) is 5.90. The summed E-state index contributed by atoms with van der Waals surface area (Å²) < 4.78 is 5.18. The van der Waals surface area contributed by atoms with Gasteiger partial charge >= 0.3 is 5.97 Å². The Morgan fingerprint density at radius 1 is 1.09 bits per heavy atom. The first-order valence-corrected chi connectivity index (χ1v) is 8.73. The molecule has 0 rings (SSSR count). The van der Waals surface area contributed by atoms with Gasteiger partial charge in [0, 0.05) is 13.8 Å². The van der Waals surface area contributed by atoms with Crippen molar-refractivity contribution in [1.29, 1.82) is 0 Å². The summed E-state index contributed by atoms with van der Waals surface area (Å²) in [5, 5.41) is 12.0. The van der Waals surface area contributed by atoms with Gasteiger partial charge in [-0.05, 0) is 18.9 Å². The van der Waals surface area contributed by atoms with Gasteiger partial charge in [-0.1, -0.05) is 51.5 Å². The zero-order chi connectivity index (χ0) is 17.5. The molecule has 0 aliphatic rings. The normalized spacial score (nSPS) is 13.7. The zero-order valence-electron chi connectivity index (χ0n) is 14.8. The fourth-order valence-corrected chi connectivity index (χ4v) is 2.39. The number of hydrogen-bond donors (Lipinski definition) is 2. The molecule has 5 heteroatoms. The van der Waals surface area contributed by atoms with Crippen LogP contribution in [-0.2, 0) is 14.3 Å². The van der Waals surface area contributed by atoms with Crippen LogP contribution in [0.25, 0.3) is 0 Å². The average molecular weight is 327 g/mol. The molecule has 0 aromatic carbocycles. The number of esters is 1. The maximum absolute atomic E-state index is 11.2. The van der Waals surface area contributed by atoms with Gasteiger partial charge in [-0.25, -0.2) is 0 Å². The number of amides is 1. The molecule has 0 fully saturated rings. The topological polar surface area (TPSA) is 75.6 Å². The molecule has 0 aliphatic carbocycles. The number of allylic oxidation sites excluding steroid dienone is 1. The summed E-state index contributed by atoms with van der Waals surface area (Å²) in [7, 11) is 0. The summed E-state index contributed by atoms with van der Waals surface area (Å²) in [6.07, 6.45) is 12.7. The molecular formula is C18H33NO4. The number of carbonyl (C=O) groups excluding carboxylic acids is 2. The van der Waals surface area contributed by atoms with Crippen molar-refractivity contribution < 1.29 is 19.4 Å². The first kappa shape index (κ1) is 21.6. The van der Waals surface area contributed by atoms with Crippen molar-refractivity contribution in [2.45, 2.75) is 84.3 Å². The van der Waals surface area contributed by atoms with Gasteiger partial charge in [-0.2, -0.15) is 0 Å². The van der Waals surface area contributed by atoms with Gasteiger partial charge in [0.05, 0.1) is 12.6 Å². The van der Waals surface area contributed by atoms with Crippen LogP contribution in [0, 0.1) is 0 Å². The summed E-state index contributed by atoms with van der Waals surface area (Å²) in [4.78, 5) is 22.3. The molecule has 23 heavy (non-hydrogen) atoms. The largest absolute Gasteiger partial charge is 0.456 e. The first-order valence-electron chi connectivity index (χ1n) is 8.73. The standard InChI is InChI=1S/C18H33NO4/c1-4-5-6-7-8-9-10-11-12-13-18(23-16(3)22)17(14-20)19-15(2)21/h12-13,17-18,20H,4-11,14H2,1-3H3,(H,19,21)/b13-12+. The quantitative estimate of drug-likeness (QED) is 0.310. The molecule has 1 amide bonds. The molecule has 0 aromatic heterocycles. The second kappa shape index (κ2) is 14.2. The number of hydrogen-bond acceptors (Lipinski definition) is 4. The SMILES string of the molecule is CCCCCCCCC/C=C/C(OC(C)=O)C(CO)NC(C)=O. The van der Waals surface area contributed by atoms with E-state index in [-0.39, 0.29) is 12.5 Å². The molecule has 0 aromatic rings. The van der Waals surface area contributed by atoms with E-state index in [4.69, 9.17) is 4.74 Å². The summed E-state index contributed by atoms with van der Waals surface area (Å²) in [6, 6.07) is -0.610. The Balaban J connectivity index is 4.16. The lowest BCUT2D eigenvalue weighted by atomic mass is 10.1. The number of rotatable bonds is 13. The molecule has 5 nitrogen and oxygen atoms in total. The van der Waals surface area contributed by atoms with Gasteiger partial charge < -0.3 is 15.2 Å². The summed E-state index contributed by atoms with van der Waals surface area (Å²) in [5.74, 6) is -0.693. The fraction of sp³-hybridized carbons (Fsp3) is 0.778. The van der Waals surface area contributed by atoms with Crippen LogP contribution in [0.15, 0.2) is 12.2 Å². The predicted molar refractivity (Wildman–Crippen MR) is 92.0 cm³/mol. The van der Waals surface area contributed by atoms with Crippen molar-refractivity contribution in [3.05, 3.63) is 12.2 Å². The van der Waals surface area contributed by atoms with Crippen LogP contribution in [-0.4, -0.2) is 35.7 Å². The molecule has 0 radical (unpaired) electrons. The third-order valence-corrected chi connectivity index (χ3v) is 3.58. The highest BCUT2D eigenvalue weighted by Gasteiger charge is 2.21. The van der Waals surface area contributed by atoms with Crippen LogP contribution in [0.3, 0.4) is 0 Å². The van der Waals surface area contributed by atoms with Crippen molar-refractivity contribution in [2.75, 3.05) is 6.61 Å². The molecule has 2 atom stereocenters. The number of aliphatic hydroxyl groups excluding tert-OH is 1. The van der Waals surface area contributed by atoms with E-state index in [9.17, 15) is 14.7 Å². The Bertz CT molecular complexity index is 355. The van der Waals surface area contributed by atoms with E-state index in [1.165, 1.54) is 52.4 Å². The van der Waals surface area contributed by atoms with Crippen molar-refractivity contribution >= 4 is 11.9 Å². The van der Waals surface area contributed by atoms with E-state index in [0.717, 1.165) is 12.8 Å². The van der Waals surface area contributed by atoms with Crippen molar-refractivity contribution in [3.8, 4) is 0 Å². The Morgan fingerprint density at radius 3 is 2.22 bits per heavy atom. The Hall–Kier alpha value is -1.36. The summed E-state index contributed by atoms with van der Waals surface area (Å²) in [5.41, 5.74) is 0. The molecule has 0 aliphatic heterocycles. The van der Waals surface area contributed by atoms with Crippen LogP contribution in [0.5, 0.6) is 0 Å². The molecule has 0 saturated heterocycles. The van der Waals surface area contributed by atoms with Gasteiger partial charge in [0.1, 0.15) is 6.10 Å². The van der Waals surface area contributed by atoms with Crippen LogP contribution in [0.4, 0.5) is 0 Å². The second-order valence-electron chi connectivity index (χ2n) is 5.90. The van der Waals surface area contributed by atoms with Crippen molar-refractivity contribution in [3.63, 3.8) is 0 Å². The maximum atomic E-state index is 11.2. The van der Waals surface area contributed by atoms with Crippen LogP contribution >= 0.6 is 0 Å². The average Bonchev–Trinajstić information content (AvgIpc) is 2.49. The van der Waals surface area contributed by atoms with Crippen LogP contribution in [0.2, 0.25) is 0 Å². The third kappa shape index (κ3) is 12.8. The zero-order valence-corrected chi connectivity index (χ0v) is 14.8. The number of carbonyl (C=O) groups is 2. The lowest BCUT2D eigenvalue weighted by Crippen LogP contribution is -2.45. The minimum atomic E-state index is -0.633. The third-order valence-electron chi connectivity index (χ3n) is 3.58. The smallest absolute Gasteiger partial charge is 0.303 e. The van der Waals surface area contributed by atoms with E-state index in [1.807, 2.05) is 6.08 Å². The highest BCUT2D eigenvalue weighted by atomic mass is 16.5. The molecule has 134 valence electrons. The Labute approximate surface area is 140 Å². The van der Waals surface area contributed by atoms with E-state index >= 15 is 0 Å². The van der Waals surface area contributed by atoms with Gasteiger partial charge in [0.25, 0.3) is 0 Å². The maximum Gasteiger partial charge on any atom is 0.303 e. The Morgan fingerprint density at radius 2 is 1.70 bits per heavy atom. The van der Waals surface area contributed by atoms with Gasteiger partial charge in [0.2, 0.25) is 5.91 Å².